The van der Waals surface area contributed by atoms with E-state index in [1.807, 2.05) is 67.2 Å². The van der Waals surface area contributed by atoms with Crippen LogP contribution in [0.25, 0.3) is 0 Å². The zero-order valence-electron chi connectivity index (χ0n) is 21.8. The number of benzene rings is 2. The molecule has 0 saturated carbocycles. The largest absolute Gasteiger partial charge is 0.491 e. The lowest BCUT2D eigenvalue weighted by atomic mass is 9.73. The second kappa shape index (κ2) is 11.7. The smallest absolute Gasteiger partial charge is 0.260 e. The molecule has 1 N–H and O–H groups in total. The van der Waals surface area contributed by atoms with Crippen LogP contribution in [0.2, 0.25) is 0 Å². The van der Waals surface area contributed by atoms with E-state index in [2.05, 4.69) is 17.4 Å². The predicted octanol–water partition coefficient (Wildman–Crippen LogP) is 4.05. The van der Waals surface area contributed by atoms with Gasteiger partial charge in [0.25, 0.3) is 5.91 Å². The van der Waals surface area contributed by atoms with Crippen LogP contribution in [0.15, 0.2) is 48.5 Å². The van der Waals surface area contributed by atoms with E-state index in [1.54, 1.807) is 0 Å². The van der Waals surface area contributed by atoms with Crippen LogP contribution in [0.1, 0.15) is 44.6 Å². The summed E-state index contributed by atoms with van der Waals surface area (Å²) in [5, 5.41) is 3.20. The van der Waals surface area contributed by atoms with Gasteiger partial charge in [-0.2, -0.15) is 0 Å². The maximum Gasteiger partial charge on any atom is 0.260 e. The molecule has 2 heterocycles. The minimum Gasteiger partial charge on any atom is -0.491 e. The van der Waals surface area contributed by atoms with Gasteiger partial charge in [-0.05, 0) is 62.8 Å². The summed E-state index contributed by atoms with van der Waals surface area (Å²) in [6, 6.07) is 15.8. The normalized spacial score (nSPS) is 20.2. The van der Waals surface area contributed by atoms with Gasteiger partial charge in [0, 0.05) is 38.9 Å². The van der Waals surface area contributed by atoms with Gasteiger partial charge in [-0.25, -0.2) is 0 Å². The van der Waals surface area contributed by atoms with Crippen molar-refractivity contribution in [2.75, 3.05) is 45.3 Å². The average Bonchev–Trinajstić information content (AvgIpc) is 2.89. The molecule has 2 aliphatic heterocycles. The molecule has 0 unspecified atom stereocenters. The molecule has 1 spiro atoms. The van der Waals surface area contributed by atoms with E-state index >= 15 is 0 Å². The second-order valence-corrected chi connectivity index (χ2v) is 10.3. The fraction of sp³-hybridized carbons (Fsp3) is 0.517. The lowest BCUT2D eigenvalue weighted by Crippen LogP contribution is -2.53. The van der Waals surface area contributed by atoms with Crippen molar-refractivity contribution >= 4 is 17.5 Å². The number of ether oxygens (including phenoxy) is 2. The van der Waals surface area contributed by atoms with Crippen LogP contribution < -0.4 is 19.7 Å². The number of amides is 2. The SMILES string of the molecule is C[C@@H]1COc2ccccc2CCCCC2(CCN(C(=O)COc3cccc(N(C)C)c3)CC2)C(=O)N1. The first kappa shape index (κ1) is 25.9. The third-order valence-corrected chi connectivity index (χ3v) is 7.44. The Hall–Kier alpha value is -3.22. The number of aryl methyl sites for hydroxylation is 1. The molecule has 0 aliphatic carbocycles. The Morgan fingerprint density at radius 2 is 1.89 bits per heavy atom. The fourth-order valence-corrected chi connectivity index (χ4v) is 5.13. The number of hydrogen-bond acceptors (Lipinski definition) is 5. The van der Waals surface area contributed by atoms with Crippen molar-refractivity contribution in [3.8, 4) is 11.5 Å². The van der Waals surface area contributed by atoms with Gasteiger partial charge in [-0.3, -0.25) is 9.59 Å². The Kier molecular flexibility index (Phi) is 8.39. The Morgan fingerprint density at radius 3 is 2.67 bits per heavy atom. The Balaban J connectivity index is 1.35. The summed E-state index contributed by atoms with van der Waals surface area (Å²) in [5.41, 5.74) is 1.81. The Labute approximate surface area is 214 Å². The van der Waals surface area contributed by atoms with E-state index in [0.29, 0.717) is 38.3 Å². The van der Waals surface area contributed by atoms with Crippen LogP contribution in [0.5, 0.6) is 11.5 Å². The quantitative estimate of drug-likeness (QED) is 0.696. The van der Waals surface area contributed by atoms with E-state index in [0.717, 1.165) is 37.1 Å². The van der Waals surface area contributed by atoms with Crippen LogP contribution in [0.4, 0.5) is 5.69 Å². The van der Waals surface area contributed by atoms with Gasteiger partial charge in [-0.15, -0.1) is 0 Å². The van der Waals surface area contributed by atoms with Gasteiger partial charge < -0.3 is 24.6 Å². The lowest BCUT2D eigenvalue weighted by Gasteiger charge is -2.41. The summed E-state index contributed by atoms with van der Waals surface area (Å²) in [5.74, 6) is 1.65. The zero-order valence-corrected chi connectivity index (χ0v) is 21.8. The molecule has 0 bridgehead atoms. The van der Waals surface area contributed by atoms with Gasteiger partial charge in [0.05, 0.1) is 11.5 Å². The van der Waals surface area contributed by atoms with Crippen molar-refractivity contribution in [3.63, 3.8) is 0 Å². The van der Waals surface area contributed by atoms with Crippen molar-refractivity contribution in [3.05, 3.63) is 54.1 Å². The molecule has 36 heavy (non-hydrogen) atoms. The van der Waals surface area contributed by atoms with Crippen LogP contribution >= 0.6 is 0 Å². The average molecular weight is 494 g/mol. The first-order chi connectivity index (χ1) is 17.4. The number of nitrogens with one attached hydrogen (secondary N) is 1. The molecule has 7 nitrogen and oxygen atoms in total. The maximum absolute atomic E-state index is 13.4. The molecule has 1 saturated heterocycles. The van der Waals surface area contributed by atoms with Crippen molar-refractivity contribution in [1.82, 2.24) is 10.2 Å². The third kappa shape index (κ3) is 6.31. The topological polar surface area (TPSA) is 71.1 Å². The molecule has 7 heteroatoms. The molecule has 4 rings (SSSR count). The molecule has 2 aromatic rings. The summed E-state index contributed by atoms with van der Waals surface area (Å²) in [6.45, 7) is 3.57. The van der Waals surface area contributed by atoms with E-state index in [4.69, 9.17) is 9.47 Å². The summed E-state index contributed by atoms with van der Waals surface area (Å²) in [6.07, 6.45) is 5.10. The van der Waals surface area contributed by atoms with Gasteiger partial charge in [0.1, 0.15) is 18.1 Å². The number of nitrogens with zero attached hydrogens (tertiary/aromatic N) is 2. The van der Waals surface area contributed by atoms with Gasteiger partial charge in [0.15, 0.2) is 6.61 Å². The van der Waals surface area contributed by atoms with Crippen LogP contribution in [-0.4, -0.2) is 63.2 Å². The molecular weight excluding hydrogens is 454 g/mol. The Morgan fingerprint density at radius 1 is 1.11 bits per heavy atom. The highest BCUT2D eigenvalue weighted by molar-refractivity contribution is 5.84. The highest BCUT2D eigenvalue weighted by atomic mass is 16.5. The van der Waals surface area contributed by atoms with Gasteiger partial charge in [0.2, 0.25) is 5.91 Å². The molecular formula is C29H39N3O4. The molecule has 1 atom stereocenters. The van der Waals surface area contributed by atoms with Gasteiger partial charge >= 0.3 is 0 Å². The Bertz CT molecular complexity index is 1050. The molecule has 2 amide bonds. The molecule has 194 valence electrons. The fourth-order valence-electron chi connectivity index (χ4n) is 5.13. The number of para-hydroxylation sites is 1. The number of piperidine rings is 1. The third-order valence-electron chi connectivity index (χ3n) is 7.44. The van der Waals surface area contributed by atoms with Crippen molar-refractivity contribution in [2.24, 2.45) is 5.41 Å². The molecule has 0 aromatic heterocycles. The molecule has 2 aliphatic rings. The molecule has 0 radical (unpaired) electrons. The van der Waals surface area contributed by atoms with Crippen LogP contribution in [0.3, 0.4) is 0 Å². The lowest BCUT2D eigenvalue weighted by molar-refractivity contribution is -0.142. The molecule has 1 fully saturated rings. The highest BCUT2D eigenvalue weighted by Gasteiger charge is 2.42. The second-order valence-electron chi connectivity index (χ2n) is 10.3. The summed E-state index contributed by atoms with van der Waals surface area (Å²) in [7, 11) is 3.94. The van der Waals surface area contributed by atoms with E-state index in [1.165, 1.54) is 5.56 Å². The van der Waals surface area contributed by atoms with E-state index in [9.17, 15) is 9.59 Å². The number of anilines is 1. The number of hydrogen-bond donors (Lipinski definition) is 1. The van der Waals surface area contributed by atoms with Crippen molar-refractivity contribution < 1.29 is 19.1 Å². The first-order valence-corrected chi connectivity index (χ1v) is 13.1. The number of likely N-dealkylation sites (tertiary alicyclic amines) is 1. The van der Waals surface area contributed by atoms with Crippen molar-refractivity contribution in [1.29, 1.82) is 0 Å². The summed E-state index contributed by atoms with van der Waals surface area (Å²) >= 11 is 0. The van der Waals surface area contributed by atoms with E-state index in [-0.39, 0.29) is 24.5 Å². The minimum atomic E-state index is -0.440. The summed E-state index contributed by atoms with van der Waals surface area (Å²) < 4.78 is 11.8. The number of rotatable bonds is 4. The molecule has 2 aromatic carbocycles. The van der Waals surface area contributed by atoms with Gasteiger partial charge in [-0.1, -0.05) is 30.7 Å². The number of carbonyl (C=O) groups is 2. The minimum absolute atomic E-state index is 0.00383. The van der Waals surface area contributed by atoms with Crippen LogP contribution in [-0.2, 0) is 16.0 Å². The monoisotopic (exact) mass is 493 g/mol. The first-order valence-electron chi connectivity index (χ1n) is 13.1. The predicted molar refractivity (Wildman–Crippen MR) is 142 cm³/mol. The van der Waals surface area contributed by atoms with Crippen molar-refractivity contribution in [2.45, 2.75) is 51.5 Å². The van der Waals surface area contributed by atoms with Crippen LogP contribution in [0, 0.1) is 5.41 Å². The number of carbonyl (C=O) groups excluding carboxylic acids is 2. The zero-order chi connectivity index (χ0) is 25.5. The highest BCUT2D eigenvalue weighted by Crippen LogP contribution is 2.38. The number of fused-ring (bicyclic) bond motifs is 1. The standard InChI is InChI=1S/C29H39N3O4/c1-22-20-36-26-13-5-4-9-23(26)10-6-7-14-29(28(34)30-22)15-17-32(18-16-29)27(33)21-35-25-12-8-11-24(19-25)31(2)3/h4-5,8-9,11-13,19,22H,6-7,10,14-18,20-21H2,1-3H3,(H,30,34)/t22-/m1/s1. The summed E-state index contributed by atoms with van der Waals surface area (Å²) in [4.78, 5) is 30.2. The maximum atomic E-state index is 13.4. The van der Waals surface area contributed by atoms with E-state index < -0.39 is 5.41 Å².